The molecule has 0 bridgehead atoms. The molecule has 10 heteroatoms. The van der Waals surface area contributed by atoms with E-state index in [2.05, 4.69) is 0 Å². The largest absolute Gasteiger partial charge is 0.490 e. The van der Waals surface area contributed by atoms with Crippen LogP contribution in [0.3, 0.4) is 0 Å². The van der Waals surface area contributed by atoms with Crippen molar-refractivity contribution in [1.29, 1.82) is 0 Å². The third kappa shape index (κ3) is 5.23. The third-order valence-corrected chi connectivity index (χ3v) is 5.03. The van der Waals surface area contributed by atoms with Crippen LogP contribution in [0.25, 0.3) is 0 Å². The number of hydrogen-bond acceptors (Lipinski definition) is 5. The number of ether oxygens (including phenoxy) is 2. The Morgan fingerprint density at radius 1 is 0.960 bits per heavy atom. The smallest absolute Gasteiger partial charge is 0.341 e. The topological polar surface area (TPSA) is 95.7 Å². The molecule has 25 heavy (non-hydrogen) atoms. The van der Waals surface area contributed by atoms with Crippen molar-refractivity contribution >= 4 is 50.8 Å². The predicted octanol–water partition coefficient (Wildman–Crippen LogP) is 3.53. The molecule has 2 N–H and O–H groups in total. The highest BCUT2D eigenvalue weighted by Crippen LogP contribution is 2.31. The summed E-state index contributed by atoms with van der Waals surface area (Å²) in [6.07, 6.45) is 0. The fourth-order valence-corrected chi connectivity index (χ4v) is 3.00. The Hall–Kier alpha value is -1.51. The lowest BCUT2D eigenvalue weighted by Crippen LogP contribution is -2.14. The first kappa shape index (κ1) is 19.8. The van der Waals surface area contributed by atoms with Crippen molar-refractivity contribution < 1.29 is 22.7 Å². The van der Waals surface area contributed by atoms with Gasteiger partial charge >= 0.3 is 5.97 Å². The van der Waals surface area contributed by atoms with Crippen LogP contribution in [0.2, 0.25) is 15.1 Å². The molecular formula is C15H12Cl3NO5S. The fourth-order valence-electron chi connectivity index (χ4n) is 1.81. The molecule has 0 aliphatic rings. The summed E-state index contributed by atoms with van der Waals surface area (Å²) in [6.45, 7) is -0.0365. The molecule has 0 fully saturated rings. The maximum Gasteiger partial charge on any atom is 0.341 e. The van der Waals surface area contributed by atoms with E-state index in [-0.39, 0.29) is 38.7 Å². The molecule has 0 atom stereocenters. The average Bonchev–Trinajstić information content (AvgIpc) is 2.55. The number of halogens is 3. The molecule has 0 amide bonds. The highest BCUT2D eigenvalue weighted by atomic mass is 35.5. The van der Waals surface area contributed by atoms with E-state index in [1.165, 1.54) is 36.4 Å². The molecule has 2 aromatic carbocycles. The van der Waals surface area contributed by atoms with Crippen LogP contribution in [0.15, 0.2) is 41.3 Å². The van der Waals surface area contributed by atoms with Gasteiger partial charge in [0.2, 0.25) is 10.0 Å². The monoisotopic (exact) mass is 423 g/mol. The number of carbonyl (C=O) groups is 1. The molecule has 0 unspecified atom stereocenters. The Bertz CT molecular complexity index is 885. The highest BCUT2D eigenvalue weighted by molar-refractivity contribution is 7.89. The molecule has 0 saturated heterocycles. The second-order valence-corrected chi connectivity index (χ2v) is 7.47. The van der Waals surface area contributed by atoms with E-state index < -0.39 is 16.0 Å². The zero-order chi connectivity index (χ0) is 18.6. The number of hydrogen-bond donors (Lipinski definition) is 1. The lowest BCUT2D eigenvalue weighted by atomic mass is 10.2. The zero-order valence-electron chi connectivity index (χ0n) is 12.5. The summed E-state index contributed by atoms with van der Waals surface area (Å²) in [4.78, 5) is 12.0. The maximum absolute atomic E-state index is 12.0. The van der Waals surface area contributed by atoms with Crippen LogP contribution in [0, 0.1) is 0 Å². The van der Waals surface area contributed by atoms with Crippen molar-refractivity contribution in [1.82, 2.24) is 0 Å². The van der Waals surface area contributed by atoms with Gasteiger partial charge in [0.15, 0.2) is 0 Å². The fraction of sp³-hybridized carbons (Fsp3) is 0.133. The lowest BCUT2D eigenvalue weighted by Gasteiger charge is -2.10. The van der Waals surface area contributed by atoms with E-state index >= 15 is 0 Å². The molecule has 0 aliphatic heterocycles. The van der Waals surface area contributed by atoms with Gasteiger partial charge in [0.1, 0.15) is 19.0 Å². The minimum Gasteiger partial charge on any atom is -0.490 e. The van der Waals surface area contributed by atoms with Crippen LogP contribution in [0.5, 0.6) is 5.75 Å². The third-order valence-electron chi connectivity index (χ3n) is 2.99. The molecule has 0 radical (unpaired) electrons. The summed E-state index contributed by atoms with van der Waals surface area (Å²) in [7, 11) is -3.76. The highest BCUT2D eigenvalue weighted by Gasteiger charge is 2.18. The second kappa shape index (κ2) is 8.25. The summed E-state index contributed by atoms with van der Waals surface area (Å²) in [5.74, 6) is -0.340. The van der Waals surface area contributed by atoms with Crippen molar-refractivity contribution in [3.8, 4) is 5.75 Å². The normalized spacial score (nSPS) is 11.2. The number of primary sulfonamides is 1. The van der Waals surface area contributed by atoms with Crippen LogP contribution in [-0.4, -0.2) is 27.6 Å². The quantitative estimate of drug-likeness (QED) is 0.435. The van der Waals surface area contributed by atoms with Crippen molar-refractivity contribution in [2.75, 3.05) is 13.2 Å². The summed E-state index contributed by atoms with van der Waals surface area (Å²) >= 11 is 17.7. The van der Waals surface area contributed by atoms with Gasteiger partial charge in [-0.15, -0.1) is 0 Å². The number of carbonyl (C=O) groups excluding carboxylic acids is 1. The van der Waals surface area contributed by atoms with Gasteiger partial charge in [0.25, 0.3) is 0 Å². The summed E-state index contributed by atoms with van der Waals surface area (Å²) in [5, 5.41) is 5.32. The van der Waals surface area contributed by atoms with Crippen molar-refractivity contribution in [2.24, 2.45) is 5.14 Å². The first-order valence-corrected chi connectivity index (χ1v) is 9.44. The molecule has 134 valence electrons. The average molecular weight is 425 g/mol. The van der Waals surface area contributed by atoms with Crippen molar-refractivity contribution in [3.05, 3.63) is 57.0 Å². The molecule has 2 rings (SSSR count). The number of esters is 1. The van der Waals surface area contributed by atoms with Gasteiger partial charge in [-0.05, 0) is 36.4 Å². The van der Waals surface area contributed by atoms with Crippen LogP contribution in [0.1, 0.15) is 10.4 Å². The summed E-state index contributed by atoms with van der Waals surface area (Å²) in [5.41, 5.74) is -0.0201. The van der Waals surface area contributed by atoms with Gasteiger partial charge in [-0.2, -0.15) is 0 Å². The number of rotatable bonds is 6. The number of sulfonamides is 1. The SMILES string of the molecule is NS(=O)(=O)c1ccc(OCCOC(=O)c2c(Cl)ccc(Cl)c2Cl)cc1. The van der Waals surface area contributed by atoms with E-state index in [1.54, 1.807) is 0 Å². The number of nitrogens with two attached hydrogens (primary N) is 1. The lowest BCUT2D eigenvalue weighted by molar-refractivity contribution is 0.0451. The Labute approximate surface area is 159 Å². The standard InChI is InChI=1S/C15H12Cl3NO5S/c16-11-5-6-12(17)14(18)13(11)15(20)24-8-7-23-9-1-3-10(4-2-9)25(19,21)22/h1-6H,7-8H2,(H2,19,21,22). The van der Waals surface area contributed by atoms with Crippen LogP contribution in [0.4, 0.5) is 0 Å². The van der Waals surface area contributed by atoms with E-state index in [0.717, 1.165) is 0 Å². The van der Waals surface area contributed by atoms with Crippen molar-refractivity contribution in [2.45, 2.75) is 4.90 Å². The first-order chi connectivity index (χ1) is 11.7. The van der Waals surface area contributed by atoms with Crippen LogP contribution < -0.4 is 9.88 Å². The van der Waals surface area contributed by atoms with Gasteiger partial charge in [0, 0.05) is 0 Å². The van der Waals surface area contributed by atoms with Gasteiger partial charge in [0.05, 0.1) is 25.5 Å². The summed E-state index contributed by atoms with van der Waals surface area (Å²) in [6, 6.07) is 8.40. The molecule has 0 aromatic heterocycles. The molecular weight excluding hydrogens is 413 g/mol. The Morgan fingerprint density at radius 2 is 1.56 bits per heavy atom. The minimum absolute atomic E-state index is 0.0127. The Kier molecular flexibility index (Phi) is 6.53. The zero-order valence-corrected chi connectivity index (χ0v) is 15.6. The van der Waals surface area contributed by atoms with Gasteiger partial charge < -0.3 is 9.47 Å². The van der Waals surface area contributed by atoms with E-state index in [4.69, 9.17) is 49.4 Å². The molecule has 0 aliphatic carbocycles. The van der Waals surface area contributed by atoms with E-state index in [9.17, 15) is 13.2 Å². The Balaban J connectivity index is 1.89. The Morgan fingerprint density at radius 3 is 2.16 bits per heavy atom. The van der Waals surface area contributed by atoms with Crippen LogP contribution >= 0.6 is 34.8 Å². The molecule has 0 heterocycles. The van der Waals surface area contributed by atoms with E-state index in [1.807, 2.05) is 0 Å². The first-order valence-electron chi connectivity index (χ1n) is 6.76. The summed E-state index contributed by atoms with van der Waals surface area (Å²) < 4.78 is 32.7. The number of benzene rings is 2. The van der Waals surface area contributed by atoms with Gasteiger partial charge in [-0.1, -0.05) is 34.8 Å². The molecule has 0 saturated carbocycles. The van der Waals surface area contributed by atoms with Crippen molar-refractivity contribution in [3.63, 3.8) is 0 Å². The van der Waals surface area contributed by atoms with Gasteiger partial charge in [-0.3, -0.25) is 0 Å². The predicted molar refractivity (Wildman–Crippen MR) is 95.1 cm³/mol. The van der Waals surface area contributed by atoms with E-state index in [0.29, 0.717) is 5.75 Å². The van der Waals surface area contributed by atoms with Gasteiger partial charge in [-0.25, -0.2) is 18.4 Å². The molecule has 2 aromatic rings. The molecule has 6 nitrogen and oxygen atoms in total. The van der Waals surface area contributed by atoms with Crippen LogP contribution in [-0.2, 0) is 14.8 Å². The maximum atomic E-state index is 12.0. The second-order valence-electron chi connectivity index (χ2n) is 4.72. The molecule has 0 spiro atoms. The minimum atomic E-state index is -3.76.